The lowest BCUT2D eigenvalue weighted by molar-refractivity contribution is -0.137. The Hall–Kier alpha value is -3.69. The van der Waals surface area contributed by atoms with Crippen LogP contribution in [0.2, 0.25) is 0 Å². The van der Waals surface area contributed by atoms with Gasteiger partial charge in [0.05, 0.1) is 17.5 Å². The van der Waals surface area contributed by atoms with E-state index in [-0.39, 0.29) is 18.4 Å². The van der Waals surface area contributed by atoms with E-state index in [9.17, 15) is 27.2 Å². The zero-order chi connectivity index (χ0) is 23.9. The number of amides is 2. The van der Waals surface area contributed by atoms with Crippen molar-refractivity contribution in [2.75, 3.05) is 5.32 Å². The van der Waals surface area contributed by atoms with Crippen LogP contribution in [-0.2, 0) is 15.8 Å². The molecule has 0 saturated heterocycles. The van der Waals surface area contributed by atoms with Gasteiger partial charge in [-0.2, -0.15) is 18.3 Å². The number of hydrogen-bond acceptors (Lipinski definition) is 3. The molecule has 2 amide bonds. The van der Waals surface area contributed by atoms with Crippen molar-refractivity contribution >= 4 is 28.4 Å². The normalized spacial score (nSPS) is 16.8. The van der Waals surface area contributed by atoms with E-state index in [1.54, 1.807) is 25.1 Å². The number of fused-ring (bicyclic) bond motifs is 1. The van der Waals surface area contributed by atoms with E-state index in [2.05, 4.69) is 20.8 Å². The Morgan fingerprint density at radius 2 is 1.94 bits per heavy atom. The number of nitrogens with one attached hydrogen (secondary N) is 3. The van der Waals surface area contributed by atoms with Crippen LogP contribution in [0.3, 0.4) is 0 Å². The van der Waals surface area contributed by atoms with Crippen LogP contribution in [0.5, 0.6) is 0 Å². The smallest absolute Gasteiger partial charge is 0.330 e. The van der Waals surface area contributed by atoms with Crippen molar-refractivity contribution < 1.29 is 27.2 Å². The quantitative estimate of drug-likeness (QED) is 0.483. The molecule has 2 aromatic carbocycles. The van der Waals surface area contributed by atoms with Gasteiger partial charge in [0.15, 0.2) is 0 Å². The van der Waals surface area contributed by atoms with Gasteiger partial charge in [0.1, 0.15) is 5.82 Å². The number of anilines is 1. The maximum absolute atomic E-state index is 14.7. The molecule has 0 bridgehead atoms. The first-order chi connectivity index (χ1) is 15.5. The van der Waals surface area contributed by atoms with Crippen molar-refractivity contribution in [3.63, 3.8) is 0 Å². The van der Waals surface area contributed by atoms with Crippen molar-refractivity contribution in [3.8, 4) is 0 Å². The van der Waals surface area contributed by atoms with Gasteiger partial charge in [-0.3, -0.25) is 14.7 Å². The van der Waals surface area contributed by atoms with E-state index in [1.807, 2.05) is 6.92 Å². The second-order valence-corrected chi connectivity index (χ2v) is 7.99. The molecule has 3 aromatic rings. The maximum Gasteiger partial charge on any atom is 0.416 e. The number of hydrogen-bond donors (Lipinski definition) is 3. The third-order valence-corrected chi connectivity index (χ3v) is 5.70. The van der Waals surface area contributed by atoms with E-state index in [0.29, 0.717) is 23.0 Å². The number of rotatable bonds is 4. The van der Waals surface area contributed by atoms with E-state index in [0.717, 1.165) is 28.7 Å². The molecule has 0 spiro atoms. The number of carbonyl (C=O) groups excluding carboxylic acids is 2. The summed E-state index contributed by atoms with van der Waals surface area (Å²) in [5.74, 6) is -2.73. The lowest BCUT2D eigenvalue weighted by atomic mass is 9.82. The summed E-state index contributed by atoms with van der Waals surface area (Å²) < 4.78 is 53.4. The van der Waals surface area contributed by atoms with E-state index in [4.69, 9.17) is 0 Å². The molecule has 1 aliphatic heterocycles. The fourth-order valence-corrected chi connectivity index (χ4v) is 4.04. The van der Waals surface area contributed by atoms with Gasteiger partial charge in [-0.25, -0.2) is 4.39 Å². The number of halogens is 4. The lowest BCUT2D eigenvalue weighted by Gasteiger charge is -2.28. The molecular formula is C23H20F4N4O2. The van der Waals surface area contributed by atoms with Crippen LogP contribution >= 0.6 is 0 Å². The van der Waals surface area contributed by atoms with Crippen LogP contribution in [0, 0.1) is 12.7 Å². The summed E-state index contributed by atoms with van der Waals surface area (Å²) in [7, 11) is 0. The molecule has 4 rings (SSSR count). The van der Waals surface area contributed by atoms with Crippen molar-refractivity contribution in [3.05, 3.63) is 70.3 Å². The highest BCUT2D eigenvalue weighted by atomic mass is 19.4. The third kappa shape index (κ3) is 4.59. The summed E-state index contributed by atoms with van der Waals surface area (Å²) >= 11 is 0. The number of alkyl halides is 3. The van der Waals surface area contributed by atoms with Gasteiger partial charge in [-0.15, -0.1) is 0 Å². The Kier molecular flexibility index (Phi) is 5.69. The second-order valence-electron chi connectivity index (χ2n) is 7.99. The van der Waals surface area contributed by atoms with Crippen molar-refractivity contribution in [1.82, 2.24) is 15.5 Å². The summed E-state index contributed by atoms with van der Waals surface area (Å²) in [6, 6.07) is 7.43. The first-order valence-electron chi connectivity index (χ1n) is 10.1. The second kappa shape index (κ2) is 8.34. The highest BCUT2D eigenvalue weighted by Crippen LogP contribution is 2.38. The van der Waals surface area contributed by atoms with Crippen LogP contribution in [0.4, 0.5) is 23.2 Å². The van der Waals surface area contributed by atoms with Gasteiger partial charge in [-0.1, -0.05) is 6.07 Å². The van der Waals surface area contributed by atoms with Gasteiger partial charge in [0, 0.05) is 34.8 Å². The largest absolute Gasteiger partial charge is 0.416 e. The molecule has 10 heteroatoms. The number of nitrogens with zero attached hydrogens (tertiary/aromatic N) is 1. The lowest BCUT2D eigenvalue weighted by Crippen LogP contribution is -2.32. The Labute approximate surface area is 186 Å². The number of aromatic amines is 1. The highest BCUT2D eigenvalue weighted by molar-refractivity contribution is 5.96. The van der Waals surface area contributed by atoms with E-state index < -0.39 is 35.3 Å². The van der Waals surface area contributed by atoms with Gasteiger partial charge in [0.2, 0.25) is 11.8 Å². The summed E-state index contributed by atoms with van der Waals surface area (Å²) in [5.41, 5.74) is 1.76. The predicted octanol–water partition coefficient (Wildman–Crippen LogP) is 4.94. The minimum absolute atomic E-state index is 0.0598. The minimum Gasteiger partial charge on any atom is -0.330 e. The summed E-state index contributed by atoms with van der Waals surface area (Å²) in [6.07, 6.45) is -5.03. The van der Waals surface area contributed by atoms with Crippen molar-refractivity contribution in [2.45, 2.75) is 38.8 Å². The molecule has 2 heterocycles. The van der Waals surface area contributed by atoms with Gasteiger partial charge >= 0.3 is 6.18 Å². The zero-order valence-electron chi connectivity index (χ0n) is 17.7. The van der Waals surface area contributed by atoms with Crippen LogP contribution in [0.15, 0.2) is 47.7 Å². The SMILES string of the molecule is CC1=C(CC(=O)Nc2ccc3n[nH]c(C)c3c2)C(c2ccc(C(F)(F)F)cc2F)CC(=O)N1. The van der Waals surface area contributed by atoms with Gasteiger partial charge in [0.25, 0.3) is 0 Å². The average Bonchev–Trinajstić information content (AvgIpc) is 3.09. The molecule has 0 fully saturated rings. The molecule has 3 N–H and O–H groups in total. The van der Waals surface area contributed by atoms with Crippen LogP contribution in [0.25, 0.3) is 10.9 Å². The van der Waals surface area contributed by atoms with Crippen molar-refractivity contribution in [1.29, 1.82) is 0 Å². The molecule has 1 unspecified atom stereocenters. The topological polar surface area (TPSA) is 86.9 Å². The predicted molar refractivity (Wildman–Crippen MR) is 114 cm³/mol. The standard InChI is InChI=1S/C23H20F4N4O2/c1-11-16(9-22(33)29-14-4-6-20-17(8-14)12(2)30-31-20)18(10-21(32)28-11)15-5-3-13(7-19(15)24)23(25,26)27/h3-8,18H,9-10H2,1-2H3,(H,28,32)(H,29,33)(H,30,31). The number of allylic oxidation sites excluding steroid dienone is 1. The third-order valence-electron chi connectivity index (χ3n) is 5.70. The number of benzene rings is 2. The zero-order valence-corrected chi connectivity index (χ0v) is 17.7. The Morgan fingerprint density at radius 1 is 1.18 bits per heavy atom. The Bertz CT molecular complexity index is 1290. The van der Waals surface area contributed by atoms with Gasteiger partial charge in [-0.05, 0) is 55.3 Å². The number of carbonyl (C=O) groups is 2. The first-order valence-corrected chi connectivity index (χ1v) is 10.1. The maximum atomic E-state index is 14.7. The Morgan fingerprint density at radius 3 is 2.64 bits per heavy atom. The molecule has 1 atom stereocenters. The molecule has 0 saturated carbocycles. The molecule has 33 heavy (non-hydrogen) atoms. The van der Waals surface area contributed by atoms with Crippen LogP contribution in [-0.4, -0.2) is 22.0 Å². The summed E-state index contributed by atoms with van der Waals surface area (Å²) in [4.78, 5) is 24.9. The fourth-order valence-electron chi connectivity index (χ4n) is 4.04. The molecular weight excluding hydrogens is 440 g/mol. The first kappa shape index (κ1) is 22.5. The molecule has 0 radical (unpaired) electrons. The monoisotopic (exact) mass is 460 g/mol. The van der Waals surface area contributed by atoms with Crippen molar-refractivity contribution in [2.24, 2.45) is 0 Å². The number of aryl methyl sites for hydroxylation is 1. The molecule has 1 aliphatic rings. The van der Waals surface area contributed by atoms with Crippen LogP contribution in [0.1, 0.15) is 42.5 Å². The molecule has 0 aliphatic carbocycles. The minimum atomic E-state index is -4.69. The molecule has 6 nitrogen and oxygen atoms in total. The van der Waals surface area contributed by atoms with E-state index in [1.165, 1.54) is 0 Å². The van der Waals surface area contributed by atoms with Crippen LogP contribution < -0.4 is 10.6 Å². The highest BCUT2D eigenvalue weighted by Gasteiger charge is 2.34. The molecule has 172 valence electrons. The molecule has 1 aromatic heterocycles. The van der Waals surface area contributed by atoms with Gasteiger partial charge < -0.3 is 10.6 Å². The van der Waals surface area contributed by atoms with E-state index >= 15 is 0 Å². The Balaban J connectivity index is 1.60. The summed E-state index contributed by atoms with van der Waals surface area (Å²) in [6.45, 7) is 3.43. The summed E-state index contributed by atoms with van der Waals surface area (Å²) in [5, 5.41) is 13.2. The number of aromatic nitrogens is 2. The average molecular weight is 460 g/mol. The number of H-pyrrole nitrogens is 1. The fraction of sp³-hybridized carbons (Fsp3) is 0.261.